The van der Waals surface area contributed by atoms with Crippen molar-refractivity contribution in [1.29, 1.82) is 0 Å². The van der Waals surface area contributed by atoms with Crippen molar-refractivity contribution >= 4 is 39.2 Å². The number of hydrogen-bond acceptors (Lipinski definition) is 3. The lowest BCUT2D eigenvalue weighted by Crippen LogP contribution is -2.20. The van der Waals surface area contributed by atoms with Crippen LogP contribution in [0.2, 0.25) is 0 Å². The molecule has 0 aliphatic carbocycles. The average Bonchev–Trinajstić information content (AvgIpc) is 3.23. The van der Waals surface area contributed by atoms with E-state index in [0.717, 1.165) is 19.9 Å². The van der Waals surface area contributed by atoms with Crippen molar-refractivity contribution in [2.24, 2.45) is 0 Å². The topological polar surface area (TPSA) is 46.9 Å². The minimum absolute atomic E-state index is 0.104. The number of carbonyl (C=O) groups is 1. The first-order valence-corrected chi connectivity index (χ1v) is 8.60. The summed E-state index contributed by atoms with van der Waals surface area (Å²) in [6.07, 6.45) is 8.76. The Hall–Kier alpha value is -2.18. The number of nitrogens with zero attached hydrogens (tertiary/aromatic N) is 2. The Morgan fingerprint density at radius 2 is 2.09 bits per heavy atom. The van der Waals surface area contributed by atoms with Gasteiger partial charge in [-0.15, -0.1) is 11.3 Å². The zero-order valence-electron chi connectivity index (χ0n) is 12.1. The zero-order valence-corrected chi connectivity index (χ0v) is 14.5. The molecule has 0 aliphatic rings. The number of benzene rings is 1. The van der Waals surface area contributed by atoms with Gasteiger partial charge in [0.05, 0.1) is 10.1 Å². The second kappa shape index (κ2) is 7.39. The number of thiophene rings is 1. The van der Waals surface area contributed by atoms with E-state index in [-0.39, 0.29) is 5.91 Å². The molecule has 3 rings (SSSR count). The second-order valence-corrected chi connectivity index (χ2v) is 7.32. The van der Waals surface area contributed by atoms with Crippen molar-refractivity contribution in [3.63, 3.8) is 0 Å². The first kappa shape index (κ1) is 15.7. The third-order valence-electron chi connectivity index (χ3n) is 3.20. The van der Waals surface area contributed by atoms with Crippen LogP contribution in [0, 0.1) is 0 Å². The molecule has 1 amide bonds. The first-order valence-electron chi connectivity index (χ1n) is 6.99. The molecule has 0 bridgehead atoms. The minimum Gasteiger partial charge on any atom is -0.348 e. The van der Waals surface area contributed by atoms with Gasteiger partial charge in [-0.25, -0.2) is 4.98 Å². The van der Waals surface area contributed by atoms with Crippen LogP contribution in [0.4, 0.5) is 0 Å². The molecule has 4 nitrogen and oxygen atoms in total. The van der Waals surface area contributed by atoms with E-state index in [1.807, 2.05) is 53.2 Å². The molecule has 0 fully saturated rings. The monoisotopic (exact) mass is 387 g/mol. The molecule has 0 unspecified atom stereocenters. The van der Waals surface area contributed by atoms with E-state index in [2.05, 4.69) is 26.2 Å². The van der Waals surface area contributed by atoms with E-state index >= 15 is 0 Å². The van der Waals surface area contributed by atoms with Crippen LogP contribution in [-0.2, 0) is 11.3 Å². The first-order chi connectivity index (χ1) is 11.2. The van der Waals surface area contributed by atoms with Gasteiger partial charge in [0.2, 0.25) is 5.91 Å². The van der Waals surface area contributed by atoms with E-state index < -0.39 is 0 Å². The van der Waals surface area contributed by atoms with E-state index in [9.17, 15) is 4.79 Å². The fourth-order valence-corrected chi connectivity index (χ4v) is 3.35. The van der Waals surface area contributed by atoms with Gasteiger partial charge in [0.15, 0.2) is 0 Å². The summed E-state index contributed by atoms with van der Waals surface area (Å²) >= 11 is 4.99. The molecule has 0 spiro atoms. The van der Waals surface area contributed by atoms with Gasteiger partial charge in [-0.2, -0.15) is 0 Å². The van der Waals surface area contributed by atoms with Gasteiger partial charge in [-0.05, 0) is 51.8 Å². The van der Waals surface area contributed by atoms with Crippen LogP contribution in [0.25, 0.3) is 11.8 Å². The molecule has 0 saturated carbocycles. The fraction of sp³-hybridized carbons (Fsp3) is 0.0588. The van der Waals surface area contributed by atoms with Crippen molar-refractivity contribution in [2.45, 2.75) is 6.54 Å². The number of hydrogen-bond donors (Lipinski definition) is 1. The summed E-state index contributed by atoms with van der Waals surface area (Å²) in [6.45, 7) is 0.502. The predicted molar refractivity (Wildman–Crippen MR) is 96.5 cm³/mol. The summed E-state index contributed by atoms with van der Waals surface area (Å²) in [7, 11) is 0. The summed E-state index contributed by atoms with van der Waals surface area (Å²) in [6, 6.07) is 11.9. The van der Waals surface area contributed by atoms with E-state index in [1.165, 1.54) is 0 Å². The number of halogens is 1. The van der Waals surface area contributed by atoms with Crippen molar-refractivity contribution in [3.05, 3.63) is 75.4 Å². The zero-order chi connectivity index (χ0) is 16.1. The summed E-state index contributed by atoms with van der Waals surface area (Å²) in [5.74, 6) is -0.104. The number of amides is 1. The molecule has 23 heavy (non-hydrogen) atoms. The lowest BCUT2D eigenvalue weighted by Gasteiger charge is -2.05. The molecule has 2 heterocycles. The molecule has 0 atom stereocenters. The van der Waals surface area contributed by atoms with Gasteiger partial charge < -0.3 is 9.88 Å². The number of nitrogens with one attached hydrogen (secondary N) is 1. The lowest BCUT2D eigenvalue weighted by atomic mass is 10.2. The number of carbonyl (C=O) groups excluding carboxylic acids is 1. The third-order valence-corrected chi connectivity index (χ3v) is 4.79. The highest BCUT2D eigenvalue weighted by atomic mass is 79.9. The van der Waals surface area contributed by atoms with E-state index in [4.69, 9.17) is 0 Å². The minimum atomic E-state index is -0.104. The van der Waals surface area contributed by atoms with Crippen molar-refractivity contribution < 1.29 is 4.79 Å². The summed E-state index contributed by atoms with van der Waals surface area (Å²) < 4.78 is 2.99. The van der Waals surface area contributed by atoms with Gasteiger partial charge in [0.1, 0.15) is 0 Å². The second-order valence-electron chi connectivity index (χ2n) is 4.83. The standard InChI is InChI=1S/C17H14BrN3OS/c18-16-7-5-15(23-16)6-8-17(22)20-11-13-1-3-14(4-2-13)21-10-9-19-12-21/h1-10,12H,11H2,(H,20,22). The SMILES string of the molecule is O=C(C=Cc1ccc(Br)s1)NCc1ccc(-n2ccnc2)cc1. The molecule has 1 N–H and O–H groups in total. The largest absolute Gasteiger partial charge is 0.348 e. The van der Waals surface area contributed by atoms with Gasteiger partial charge >= 0.3 is 0 Å². The molecule has 6 heteroatoms. The Morgan fingerprint density at radius 1 is 1.26 bits per heavy atom. The Labute approximate surface area is 146 Å². The van der Waals surface area contributed by atoms with E-state index in [1.54, 1.807) is 29.9 Å². The maximum atomic E-state index is 11.8. The van der Waals surface area contributed by atoms with Crippen LogP contribution >= 0.6 is 27.3 Å². The molecule has 116 valence electrons. The highest BCUT2D eigenvalue weighted by Gasteiger charge is 2.00. The highest BCUT2D eigenvalue weighted by molar-refractivity contribution is 9.11. The maximum absolute atomic E-state index is 11.8. The highest BCUT2D eigenvalue weighted by Crippen LogP contribution is 2.22. The molecule has 2 aromatic heterocycles. The Morgan fingerprint density at radius 3 is 2.74 bits per heavy atom. The third kappa shape index (κ3) is 4.40. The smallest absolute Gasteiger partial charge is 0.244 e. The molecule has 3 aromatic rings. The normalized spacial score (nSPS) is 11.0. The average molecular weight is 388 g/mol. The predicted octanol–water partition coefficient (Wildman–Crippen LogP) is 4.03. The summed E-state index contributed by atoms with van der Waals surface area (Å²) in [5.41, 5.74) is 2.09. The van der Waals surface area contributed by atoms with Crippen LogP contribution in [0.15, 0.2) is 65.0 Å². The van der Waals surface area contributed by atoms with Crippen LogP contribution in [0.1, 0.15) is 10.4 Å². The molecular formula is C17H14BrN3OS. The molecular weight excluding hydrogens is 374 g/mol. The quantitative estimate of drug-likeness (QED) is 0.671. The molecule has 0 saturated heterocycles. The van der Waals surface area contributed by atoms with Gasteiger partial charge in [-0.3, -0.25) is 4.79 Å². The van der Waals surface area contributed by atoms with Crippen molar-refractivity contribution in [3.8, 4) is 5.69 Å². The summed E-state index contributed by atoms with van der Waals surface area (Å²) in [4.78, 5) is 16.9. The number of imidazole rings is 1. The van der Waals surface area contributed by atoms with Gasteiger partial charge in [0, 0.05) is 35.6 Å². The maximum Gasteiger partial charge on any atom is 0.244 e. The Balaban J connectivity index is 1.53. The van der Waals surface area contributed by atoms with E-state index in [0.29, 0.717) is 6.54 Å². The molecule has 0 radical (unpaired) electrons. The summed E-state index contributed by atoms with van der Waals surface area (Å²) in [5, 5.41) is 2.88. The van der Waals surface area contributed by atoms with Crippen LogP contribution in [0.3, 0.4) is 0 Å². The number of rotatable bonds is 5. The van der Waals surface area contributed by atoms with Crippen molar-refractivity contribution in [1.82, 2.24) is 14.9 Å². The van der Waals surface area contributed by atoms with Crippen LogP contribution in [-0.4, -0.2) is 15.5 Å². The number of aromatic nitrogens is 2. The lowest BCUT2D eigenvalue weighted by molar-refractivity contribution is -0.116. The van der Waals surface area contributed by atoms with Crippen LogP contribution < -0.4 is 5.32 Å². The van der Waals surface area contributed by atoms with Gasteiger partial charge in [-0.1, -0.05) is 12.1 Å². The Bertz CT molecular complexity index is 807. The van der Waals surface area contributed by atoms with Crippen LogP contribution in [0.5, 0.6) is 0 Å². The molecule has 1 aromatic carbocycles. The molecule has 0 aliphatic heterocycles. The fourth-order valence-electron chi connectivity index (χ4n) is 2.02. The Kier molecular flexibility index (Phi) is 5.05. The van der Waals surface area contributed by atoms with Gasteiger partial charge in [0.25, 0.3) is 0 Å². The van der Waals surface area contributed by atoms with Crippen molar-refractivity contribution in [2.75, 3.05) is 0 Å².